The third-order valence-corrected chi connectivity index (χ3v) is 6.83. The number of amides is 1. The van der Waals surface area contributed by atoms with Crippen LogP contribution in [0.15, 0.2) is 0 Å². The summed E-state index contributed by atoms with van der Waals surface area (Å²) in [7, 11) is -1.18. The first kappa shape index (κ1) is 22.5. The molecule has 1 atom stereocenters. The standard InChI is InChI=1S/C20H42N2O2Si/c1-17(2)11-12-22(20(23)24-13-14-25(3,4)5)16-19(21)15-18-9-7-6-8-10-18/h17-19H,6-16,21H2,1-5H3/t19-/m0/s1. The molecule has 1 fully saturated rings. The molecular formula is C20H42N2O2Si. The Labute approximate surface area is 156 Å². The molecule has 4 nitrogen and oxygen atoms in total. The Hall–Kier alpha value is -0.553. The van der Waals surface area contributed by atoms with Crippen LogP contribution in [-0.4, -0.2) is 44.8 Å². The molecule has 0 radical (unpaired) electrons. The van der Waals surface area contributed by atoms with Crippen LogP contribution >= 0.6 is 0 Å². The van der Waals surface area contributed by atoms with E-state index in [2.05, 4.69) is 33.5 Å². The predicted octanol–water partition coefficient (Wildman–Crippen LogP) is 5.11. The van der Waals surface area contributed by atoms with Gasteiger partial charge in [-0.05, 0) is 30.7 Å². The van der Waals surface area contributed by atoms with Crippen molar-refractivity contribution < 1.29 is 9.53 Å². The lowest BCUT2D eigenvalue weighted by atomic mass is 9.85. The fraction of sp³-hybridized carbons (Fsp3) is 0.950. The molecule has 0 aliphatic heterocycles. The van der Waals surface area contributed by atoms with Gasteiger partial charge in [-0.25, -0.2) is 4.79 Å². The van der Waals surface area contributed by atoms with Crippen LogP contribution in [0.4, 0.5) is 4.79 Å². The number of carbonyl (C=O) groups excluding carboxylic acids is 1. The molecule has 0 bridgehead atoms. The molecule has 0 heterocycles. The number of carbonyl (C=O) groups is 1. The lowest BCUT2D eigenvalue weighted by Crippen LogP contribution is -2.43. The number of nitrogens with two attached hydrogens (primary N) is 1. The fourth-order valence-corrected chi connectivity index (χ4v) is 4.13. The quantitative estimate of drug-likeness (QED) is 0.544. The summed E-state index contributed by atoms with van der Waals surface area (Å²) in [5.41, 5.74) is 6.40. The van der Waals surface area contributed by atoms with Crippen molar-refractivity contribution in [3.05, 3.63) is 0 Å². The average Bonchev–Trinajstić information content (AvgIpc) is 2.50. The first-order chi connectivity index (χ1) is 11.7. The van der Waals surface area contributed by atoms with E-state index in [-0.39, 0.29) is 12.1 Å². The van der Waals surface area contributed by atoms with E-state index in [1.54, 1.807) is 0 Å². The van der Waals surface area contributed by atoms with E-state index in [9.17, 15) is 4.79 Å². The third kappa shape index (κ3) is 10.9. The topological polar surface area (TPSA) is 55.6 Å². The minimum Gasteiger partial charge on any atom is -0.450 e. The van der Waals surface area contributed by atoms with Crippen molar-refractivity contribution in [1.29, 1.82) is 0 Å². The van der Waals surface area contributed by atoms with Crippen molar-refractivity contribution in [3.63, 3.8) is 0 Å². The number of rotatable bonds is 10. The monoisotopic (exact) mass is 370 g/mol. The molecule has 25 heavy (non-hydrogen) atoms. The van der Waals surface area contributed by atoms with Gasteiger partial charge < -0.3 is 15.4 Å². The molecule has 148 valence electrons. The van der Waals surface area contributed by atoms with Crippen LogP contribution in [0.25, 0.3) is 0 Å². The van der Waals surface area contributed by atoms with Gasteiger partial charge in [-0.3, -0.25) is 0 Å². The minimum absolute atomic E-state index is 0.0693. The second kappa shape index (κ2) is 11.2. The molecule has 0 aromatic heterocycles. The highest BCUT2D eigenvalue weighted by molar-refractivity contribution is 6.76. The summed E-state index contributed by atoms with van der Waals surface area (Å²) >= 11 is 0. The number of hydrogen-bond donors (Lipinski definition) is 1. The van der Waals surface area contributed by atoms with Crippen LogP contribution in [0.2, 0.25) is 25.7 Å². The number of ether oxygens (including phenoxy) is 1. The Morgan fingerprint density at radius 2 is 1.84 bits per heavy atom. The van der Waals surface area contributed by atoms with E-state index < -0.39 is 8.07 Å². The Bertz CT molecular complexity index is 376. The van der Waals surface area contributed by atoms with E-state index >= 15 is 0 Å². The predicted molar refractivity (Wildman–Crippen MR) is 110 cm³/mol. The highest BCUT2D eigenvalue weighted by Crippen LogP contribution is 2.27. The van der Waals surface area contributed by atoms with Gasteiger partial charge >= 0.3 is 6.09 Å². The lowest BCUT2D eigenvalue weighted by Gasteiger charge is -2.29. The first-order valence-electron chi connectivity index (χ1n) is 10.3. The summed E-state index contributed by atoms with van der Waals surface area (Å²) in [6.07, 6.45) is 8.54. The lowest BCUT2D eigenvalue weighted by molar-refractivity contribution is 0.101. The highest BCUT2D eigenvalue weighted by Gasteiger charge is 2.23. The summed E-state index contributed by atoms with van der Waals surface area (Å²) in [4.78, 5) is 14.4. The molecule has 1 aliphatic carbocycles. The Morgan fingerprint density at radius 1 is 1.20 bits per heavy atom. The zero-order valence-electron chi connectivity index (χ0n) is 17.4. The summed E-state index contributed by atoms with van der Waals surface area (Å²) in [5.74, 6) is 1.32. The van der Waals surface area contributed by atoms with E-state index in [0.29, 0.717) is 19.1 Å². The van der Waals surface area contributed by atoms with Gasteiger partial charge in [0, 0.05) is 27.2 Å². The maximum absolute atomic E-state index is 12.5. The molecule has 0 unspecified atom stereocenters. The third-order valence-electron chi connectivity index (χ3n) is 5.13. The summed E-state index contributed by atoms with van der Waals surface area (Å²) in [5, 5.41) is 0. The maximum Gasteiger partial charge on any atom is 0.409 e. The molecule has 0 saturated heterocycles. The van der Waals surface area contributed by atoms with Gasteiger partial charge in [0.25, 0.3) is 0 Å². The van der Waals surface area contributed by atoms with Crippen molar-refractivity contribution in [1.82, 2.24) is 4.90 Å². The first-order valence-corrected chi connectivity index (χ1v) is 14.1. The van der Waals surface area contributed by atoms with E-state index in [4.69, 9.17) is 10.5 Å². The van der Waals surface area contributed by atoms with E-state index in [1.165, 1.54) is 32.1 Å². The van der Waals surface area contributed by atoms with Crippen LogP contribution in [0.3, 0.4) is 0 Å². The zero-order chi connectivity index (χ0) is 18.9. The zero-order valence-corrected chi connectivity index (χ0v) is 18.4. The largest absolute Gasteiger partial charge is 0.450 e. The molecule has 1 aliphatic rings. The highest BCUT2D eigenvalue weighted by atomic mass is 28.3. The molecule has 0 spiro atoms. The van der Waals surface area contributed by atoms with Gasteiger partial charge in [-0.15, -0.1) is 0 Å². The van der Waals surface area contributed by atoms with Gasteiger partial charge in [0.05, 0.1) is 6.61 Å². The fourth-order valence-electron chi connectivity index (χ4n) is 3.42. The maximum atomic E-state index is 12.5. The van der Waals surface area contributed by atoms with Gasteiger partial charge in [0.1, 0.15) is 0 Å². The van der Waals surface area contributed by atoms with Crippen LogP contribution < -0.4 is 5.73 Å². The van der Waals surface area contributed by atoms with Crippen LogP contribution in [0.1, 0.15) is 58.8 Å². The molecule has 1 saturated carbocycles. The van der Waals surface area contributed by atoms with Crippen molar-refractivity contribution in [2.75, 3.05) is 19.7 Å². The second-order valence-electron chi connectivity index (χ2n) is 9.55. The smallest absolute Gasteiger partial charge is 0.409 e. The minimum atomic E-state index is -1.18. The van der Waals surface area contributed by atoms with Crippen molar-refractivity contribution in [3.8, 4) is 0 Å². The summed E-state index contributed by atoms with van der Waals surface area (Å²) in [6.45, 7) is 13.2. The van der Waals surface area contributed by atoms with E-state index in [0.717, 1.165) is 31.3 Å². The SMILES string of the molecule is CC(C)CCN(C[C@@H](N)CC1CCCCC1)C(=O)OCC[Si](C)(C)C. The molecule has 1 amide bonds. The van der Waals surface area contributed by atoms with Crippen LogP contribution in [-0.2, 0) is 4.74 Å². The summed E-state index contributed by atoms with van der Waals surface area (Å²) in [6, 6.07) is 1.09. The number of nitrogens with zero attached hydrogens (tertiary/aromatic N) is 1. The van der Waals surface area contributed by atoms with Crippen molar-refractivity contribution in [2.45, 2.75) is 90.5 Å². The molecular weight excluding hydrogens is 328 g/mol. The van der Waals surface area contributed by atoms with Crippen LogP contribution in [0.5, 0.6) is 0 Å². The number of hydrogen-bond acceptors (Lipinski definition) is 3. The molecule has 0 aromatic carbocycles. The Balaban J connectivity index is 2.47. The molecule has 2 N–H and O–H groups in total. The van der Waals surface area contributed by atoms with Crippen molar-refractivity contribution in [2.24, 2.45) is 17.6 Å². The van der Waals surface area contributed by atoms with E-state index in [1.807, 2.05) is 4.90 Å². The van der Waals surface area contributed by atoms with Crippen LogP contribution in [0, 0.1) is 11.8 Å². The summed E-state index contributed by atoms with van der Waals surface area (Å²) < 4.78 is 5.57. The molecule has 5 heteroatoms. The normalized spacial score (nSPS) is 17.6. The average molecular weight is 371 g/mol. The second-order valence-corrected chi connectivity index (χ2v) is 15.2. The van der Waals surface area contributed by atoms with Gasteiger partial charge in [0.2, 0.25) is 0 Å². The van der Waals surface area contributed by atoms with Gasteiger partial charge in [-0.2, -0.15) is 0 Å². The Kier molecular flexibility index (Phi) is 10.1. The molecule has 0 aromatic rings. The van der Waals surface area contributed by atoms with Crippen molar-refractivity contribution >= 4 is 14.2 Å². The van der Waals surface area contributed by atoms with Gasteiger partial charge in [0.15, 0.2) is 0 Å². The van der Waals surface area contributed by atoms with Gasteiger partial charge in [-0.1, -0.05) is 65.6 Å². The Morgan fingerprint density at radius 3 is 2.40 bits per heavy atom. The molecule has 1 rings (SSSR count).